The summed E-state index contributed by atoms with van der Waals surface area (Å²) in [5.74, 6) is 0.660. The lowest BCUT2D eigenvalue weighted by Crippen LogP contribution is -2.50. The maximum atomic E-state index is 13.0. The molecule has 1 aromatic heterocycles. The molecule has 2 amide bonds. The smallest absolute Gasteiger partial charge is 0.321 e. The van der Waals surface area contributed by atoms with E-state index in [-0.39, 0.29) is 12.1 Å². The van der Waals surface area contributed by atoms with Crippen LogP contribution in [0.15, 0.2) is 6.07 Å². The van der Waals surface area contributed by atoms with E-state index < -0.39 is 0 Å². The number of urea groups is 1. The van der Waals surface area contributed by atoms with Gasteiger partial charge in [-0.3, -0.25) is 4.90 Å². The van der Waals surface area contributed by atoms with Crippen molar-refractivity contribution in [2.75, 3.05) is 51.6 Å². The summed E-state index contributed by atoms with van der Waals surface area (Å²) in [5.41, 5.74) is 1.47. The van der Waals surface area contributed by atoms with E-state index >= 15 is 0 Å². The summed E-state index contributed by atoms with van der Waals surface area (Å²) >= 11 is 0. The van der Waals surface area contributed by atoms with Crippen LogP contribution in [0, 0.1) is 6.92 Å². The zero-order valence-corrected chi connectivity index (χ0v) is 17.1. The molecule has 150 valence electrons. The fraction of sp³-hybridized carbons (Fsp3) is 0.737. The number of methoxy groups -OCH3 is 1. The molecule has 2 fully saturated rings. The van der Waals surface area contributed by atoms with Crippen LogP contribution in [0.2, 0.25) is 0 Å². The van der Waals surface area contributed by atoms with Crippen molar-refractivity contribution in [1.82, 2.24) is 20.0 Å². The first-order valence-electron chi connectivity index (χ1n) is 9.73. The van der Waals surface area contributed by atoms with Crippen LogP contribution in [0.5, 0.6) is 0 Å². The largest absolute Gasteiger partial charge is 0.380 e. The number of nitrogens with one attached hydrogen (secondary N) is 1. The molecule has 0 aromatic carbocycles. The van der Waals surface area contributed by atoms with Crippen LogP contribution in [-0.4, -0.2) is 85.6 Å². The van der Waals surface area contributed by atoms with Crippen molar-refractivity contribution in [2.45, 2.75) is 50.8 Å². The van der Waals surface area contributed by atoms with Gasteiger partial charge in [-0.05, 0) is 38.7 Å². The van der Waals surface area contributed by atoms with Gasteiger partial charge in [-0.1, -0.05) is 0 Å². The molecular formula is C19H32N6O2. The van der Waals surface area contributed by atoms with Gasteiger partial charge in [0.1, 0.15) is 0 Å². The first kappa shape index (κ1) is 19.8. The van der Waals surface area contributed by atoms with Crippen molar-refractivity contribution in [3.63, 3.8) is 0 Å². The highest BCUT2D eigenvalue weighted by Crippen LogP contribution is 2.31. The lowest BCUT2D eigenvalue weighted by Gasteiger charge is -2.35. The van der Waals surface area contributed by atoms with E-state index in [1.54, 1.807) is 7.11 Å². The second-order valence-electron chi connectivity index (χ2n) is 7.87. The number of aryl methyl sites for hydroxylation is 1. The highest BCUT2D eigenvalue weighted by atomic mass is 16.5. The minimum atomic E-state index is -0.0927. The molecule has 8 heteroatoms. The van der Waals surface area contributed by atoms with Crippen molar-refractivity contribution in [3.8, 4) is 0 Å². The number of hydrogen-bond acceptors (Lipinski definition) is 6. The zero-order valence-electron chi connectivity index (χ0n) is 17.1. The topological polar surface area (TPSA) is 73.8 Å². The summed E-state index contributed by atoms with van der Waals surface area (Å²) in [6, 6.07) is 2.40. The number of aromatic nitrogens is 2. The number of likely N-dealkylation sites (tertiary alicyclic amines) is 1. The first-order valence-corrected chi connectivity index (χ1v) is 9.73. The summed E-state index contributed by atoms with van der Waals surface area (Å²) in [5, 5.41) is 11.3. The van der Waals surface area contributed by atoms with Gasteiger partial charge in [0.25, 0.3) is 0 Å². The predicted octanol–water partition coefficient (Wildman–Crippen LogP) is 1.96. The average Bonchev–Trinajstić information content (AvgIpc) is 3.29. The van der Waals surface area contributed by atoms with Crippen molar-refractivity contribution >= 4 is 17.5 Å². The minimum Gasteiger partial charge on any atom is -0.380 e. The van der Waals surface area contributed by atoms with E-state index in [4.69, 9.17) is 4.74 Å². The fourth-order valence-electron chi connectivity index (χ4n) is 4.30. The van der Waals surface area contributed by atoms with E-state index in [9.17, 15) is 4.79 Å². The Labute approximate surface area is 161 Å². The molecule has 1 aromatic rings. The van der Waals surface area contributed by atoms with Gasteiger partial charge in [0.2, 0.25) is 0 Å². The van der Waals surface area contributed by atoms with Crippen LogP contribution in [0.3, 0.4) is 0 Å². The SMILES string of the molecule is COC1CCN([C@@H]2CCC[C@@H]2N(C)C(=O)Nc2cc(C)nnc2N(C)C)C1. The lowest BCUT2D eigenvalue weighted by atomic mass is 10.1. The molecule has 1 N–H and O–H groups in total. The summed E-state index contributed by atoms with van der Waals surface area (Å²) in [6.07, 6.45) is 4.72. The molecule has 0 bridgehead atoms. The maximum absolute atomic E-state index is 13.0. The lowest BCUT2D eigenvalue weighted by molar-refractivity contribution is 0.0907. The van der Waals surface area contributed by atoms with E-state index in [0.717, 1.165) is 44.5 Å². The third kappa shape index (κ3) is 4.32. The molecule has 1 saturated heterocycles. The molecule has 27 heavy (non-hydrogen) atoms. The molecule has 1 aliphatic heterocycles. The Hall–Kier alpha value is -1.93. The van der Waals surface area contributed by atoms with E-state index in [1.165, 1.54) is 0 Å². The Morgan fingerprint density at radius 2 is 2.04 bits per heavy atom. The van der Waals surface area contributed by atoms with E-state index in [1.807, 2.05) is 43.9 Å². The van der Waals surface area contributed by atoms with Gasteiger partial charge in [-0.15, -0.1) is 5.10 Å². The van der Waals surface area contributed by atoms with Gasteiger partial charge < -0.3 is 19.9 Å². The summed E-state index contributed by atoms with van der Waals surface area (Å²) < 4.78 is 5.52. The summed E-state index contributed by atoms with van der Waals surface area (Å²) in [6.45, 7) is 3.89. The molecular weight excluding hydrogens is 344 g/mol. The van der Waals surface area contributed by atoms with Gasteiger partial charge in [-0.25, -0.2) is 4.79 Å². The first-order chi connectivity index (χ1) is 12.9. The Morgan fingerprint density at radius 3 is 2.70 bits per heavy atom. The van der Waals surface area contributed by atoms with Crippen LogP contribution < -0.4 is 10.2 Å². The second-order valence-corrected chi connectivity index (χ2v) is 7.87. The van der Waals surface area contributed by atoms with Crippen molar-refractivity contribution in [1.29, 1.82) is 0 Å². The minimum absolute atomic E-state index is 0.0927. The normalized spacial score (nSPS) is 25.6. The number of carbonyl (C=O) groups is 1. The second kappa shape index (κ2) is 8.39. The van der Waals surface area contributed by atoms with Crippen molar-refractivity contribution in [3.05, 3.63) is 11.8 Å². The zero-order chi connectivity index (χ0) is 19.6. The molecule has 8 nitrogen and oxygen atoms in total. The van der Waals surface area contributed by atoms with Crippen molar-refractivity contribution in [2.24, 2.45) is 0 Å². The molecule has 0 radical (unpaired) electrons. The van der Waals surface area contributed by atoms with Crippen LogP contribution in [-0.2, 0) is 4.74 Å². The number of likely N-dealkylation sites (N-methyl/N-ethyl adjacent to an activating group) is 1. The number of rotatable bonds is 5. The molecule has 3 rings (SSSR count). The van der Waals surface area contributed by atoms with Crippen molar-refractivity contribution < 1.29 is 9.53 Å². The number of nitrogens with zero attached hydrogens (tertiary/aromatic N) is 5. The molecule has 2 heterocycles. The van der Waals surface area contributed by atoms with Gasteiger partial charge in [-0.2, -0.15) is 5.10 Å². The Balaban J connectivity index is 1.69. The third-order valence-electron chi connectivity index (χ3n) is 5.80. The molecule has 1 aliphatic carbocycles. The molecule has 2 aliphatic rings. The highest BCUT2D eigenvalue weighted by Gasteiger charge is 2.39. The monoisotopic (exact) mass is 376 g/mol. The van der Waals surface area contributed by atoms with Crippen LogP contribution in [0.25, 0.3) is 0 Å². The van der Waals surface area contributed by atoms with Crippen LogP contribution >= 0.6 is 0 Å². The number of ether oxygens (including phenoxy) is 1. The predicted molar refractivity (Wildman–Crippen MR) is 106 cm³/mol. The van der Waals surface area contributed by atoms with Gasteiger partial charge in [0, 0.05) is 53.4 Å². The van der Waals surface area contributed by atoms with Crippen LogP contribution in [0.4, 0.5) is 16.3 Å². The van der Waals surface area contributed by atoms with E-state index in [2.05, 4.69) is 20.4 Å². The maximum Gasteiger partial charge on any atom is 0.321 e. The summed E-state index contributed by atoms with van der Waals surface area (Å²) in [7, 11) is 7.47. The molecule has 1 unspecified atom stereocenters. The summed E-state index contributed by atoms with van der Waals surface area (Å²) in [4.78, 5) is 19.2. The highest BCUT2D eigenvalue weighted by molar-refractivity contribution is 5.92. The number of anilines is 2. The standard InChI is InChI=1S/C19H32N6O2/c1-13-11-15(18(22-21-13)23(2)3)20-19(26)24(4)16-7-6-8-17(16)25-10-9-14(12-25)27-5/h11,14,16-17H,6-10,12H2,1-5H3,(H,20,21,26)/t14?,16-,17+/m0/s1. The van der Waals surface area contributed by atoms with Gasteiger partial charge in [0.15, 0.2) is 5.82 Å². The molecule has 3 atom stereocenters. The fourth-order valence-corrected chi connectivity index (χ4v) is 4.30. The number of amides is 2. The molecule has 0 spiro atoms. The third-order valence-corrected chi connectivity index (χ3v) is 5.80. The van der Waals surface area contributed by atoms with E-state index in [0.29, 0.717) is 23.7 Å². The van der Waals surface area contributed by atoms with Crippen LogP contribution in [0.1, 0.15) is 31.4 Å². The average molecular weight is 377 g/mol. The Morgan fingerprint density at radius 1 is 1.26 bits per heavy atom. The number of carbonyl (C=O) groups excluding carboxylic acids is 1. The Bertz CT molecular complexity index is 668. The molecule has 1 saturated carbocycles. The Kier molecular flexibility index (Phi) is 6.16. The quantitative estimate of drug-likeness (QED) is 0.847. The van der Waals surface area contributed by atoms with Gasteiger partial charge in [0.05, 0.1) is 17.5 Å². The van der Waals surface area contributed by atoms with Gasteiger partial charge >= 0.3 is 6.03 Å². The number of hydrogen-bond donors (Lipinski definition) is 1.